The molecule has 0 aliphatic carbocycles. The number of morpholine rings is 1. The van der Waals surface area contributed by atoms with Crippen LogP contribution in [0.15, 0.2) is 28.9 Å². The van der Waals surface area contributed by atoms with E-state index < -0.39 is 9.85 Å². The third-order valence-corrected chi connectivity index (χ3v) is 4.69. The monoisotopic (exact) mass is 416 g/mol. The highest BCUT2D eigenvalue weighted by Gasteiger charge is 2.30. The fourth-order valence-corrected chi connectivity index (χ4v) is 3.29. The Morgan fingerprint density at radius 3 is 2.47 bits per heavy atom. The molecule has 13 heteroatoms. The molecule has 1 aliphatic heterocycles. The number of fused-ring (bicyclic) bond motifs is 1. The van der Waals surface area contributed by atoms with Crippen LogP contribution < -0.4 is 15.0 Å². The summed E-state index contributed by atoms with van der Waals surface area (Å²) in [5, 5.41) is 33.5. The normalized spacial score (nSPS) is 14.0. The molecule has 0 bridgehead atoms. The zero-order valence-corrected chi connectivity index (χ0v) is 15.7. The van der Waals surface area contributed by atoms with E-state index in [0.717, 1.165) is 0 Å². The lowest BCUT2D eigenvalue weighted by atomic mass is 10.1. The SMILES string of the molecule is COc1ccc([N+](=O)[O-])cc1Nc1cc(N2CCOCC2)c([N+](=O)[O-])c2nonc12. The molecule has 4 rings (SSSR count). The number of hydrogen-bond donors (Lipinski definition) is 1. The minimum absolute atomic E-state index is 0.0316. The van der Waals surface area contributed by atoms with Gasteiger partial charge in [0.1, 0.15) is 11.4 Å². The number of benzene rings is 2. The average molecular weight is 416 g/mol. The summed E-state index contributed by atoms with van der Waals surface area (Å²) in [6.45, 7) is 1.76. The van der Waals surface area contributed by atoms with E-state index in [-0.39, 0.29) is 28.1 Å². The molecule has 3 aromatic rings. The number of aromatic nitrogens is 2. The summed E-state index contributed by atoms with van der Waals surface area (Å²) >= 11 is 0. The number of methoxy groups -OCH3 is 1. The molecule has 0 amide bonds. The maximum Gasteiger partial charge on any atom is 0.323 e. The molecule has 0 radical (unpaired) electrons. The van der Waals surface area contributed by atoms with E-state index in [9.17, 15) is 20.2 Å². The van der Waals surface area contributed by atoms with Crippen LogP contribution in [0.4, 0.5) is 28.4 Å². The number of rotatable bonds is 6. The van der Waals surface area contributed by atoms with Crippen LogP contribution in [0.3, 0.4) is 0 Å². The summed E-state index contributed by atoms with van der Waals surface area (Å²) in [6.07, 6.45) is 0. The molecule has 2 aromatic carbocycles. The number of non-ortho nitro benzene ring substituents is 1. The molecule has 1 fully saturated rings. The Balaban J connectivity index is 1.87. The number of nitrogens with zero attached hydrogens (tertiary/aromatic N) is 5. The fraction of sp³-hybridized carbons (Fsp3) is 0.294. The summed E-state index contributed by atoms with van der Waals surface area (Å²) < 4.78 is 15.4. The van der Waals surface area contributed by atoms with E-state index in [1.807, 2.05) is 4.90 Å². The first kappa shape index (κ1) is 19.3. The zero-order valence-electron chi connectivity index (χ0n) is 15.7. The van der Waals surface area contributed by atoms with Crippen molar-refractivity contribution in [1.82, 2.24) is 10.3 Å². The number of hydrogen-bond acceptors (Lipinski definition) is 11. The molecule has 0 unspecified atom stereocenters. The molecular weight excluding hydrogens is 400 g/mol. The van der Waals surface area contributed by atoms with E-state index >= 15 is 0 Å². The van der Waals surface area contributed by atoms with Crippen molar-refractivity contribution in [3.05, 3.63) is 44.5 Å². The minimum Gasteiger partial charge on any atom is -0.495 e. The first-order valence-electron chi connectivity index (χ1n) is 8.85. The molecule has 0 saturated carbocycles. The maximum absolute atomic E-state index is 11.8. The van der Waals surface area contributed by atoms with E-state index in [1.165, 1.54) is 25.3 Å². The van der Waals surface area contributed by atoms with Gasteiger partial charge in [-0.05, 0) is 22.4 Å². The number of anilines is 3. The lowest BCUT2D eigenvalue weighted by Crippen LogP contribution is -2.36. The number of ether oxygens (including phenoxy) is 2. The van der Waals surface area contributed by atoms with Crippen molar-refractivity contribution in [2.45, 2.75) is 0 Å². The Kier molecular flexibility index (Phi) is 5.02. The molecule has 1 saturated heterocycles. The molecule has 30 heavy (non-hydrogen) atoms. The highest BCUT2D eigenvalue weighted by molar-refractivity contribution is 6.01. The van der Waals surface area contributed by atoms with Gasteiger partial charge < -0.3 is 19.7 Å². The highest BCUT2D eigenvalue weighted by Crippen LogP contribution is 2.41. The topological polar surface area (TPSA) is 159 Å². The Labute approximate surface area is 168 Å². The van der Waals surface area contributed by atoms with Gasteiger partial charge in [0.15, 0.2) is 5.52 Å². The number of nitrogens with one attached hydrogen (secondary N) is 1. The van der Waals surface area contributed by atoms with E-state index in [1.54, 1.807) is 6.07 Å². The van der Waals surface area contributed by atoms with Crippen molar-refractivity contribution in [2.24, 2.45) is 0 Å². The van der Waals surface area contributed by atoms with Gasteiger partial charge in [-0.1, -0.05) is 0 Å². The maximum atomic E-state index is 11.8. The number of nitro groups is 2. The Bertz CT molecular complexity index is 1130. The predicted molar refractivity (Wildman–Crippen MR) is 104 cm³/mol. The summed E-state index contributed by atoms with van der Waals surface area (Å²) in [7, 11) is 1.43. The van der Waals surface area contributed by atoms with Crippen LogP contribution in [-0.2, 0) is 4.74 Å². The number of nitro benzene ring substituents is 2. The molecule has 2 heterocycles. The van der Waals surface area contributed by atoms with E-state index in [4.69, 9.17) is 14.1 Å². The second-order valence-electron chi connectivity index (χ2n) is 6.38. The van der Waals surface area contributed by atoms with Gasteiger partial charge in [0, 0.05) is 25.2 Å². The Morgan fingerprint density at radius 1 is 1.07 bits per heavy atom. The van der Waals surface area contributed by atoms with Gasteiger partial charge in [-0.15, -0.1) is 0 Å². The standard InChI is InChI=1S/C17H16N6O7/c1-28-14-3-2-10(22(24)25)8-11(14)18-12-9-13(21-4-6-29-7-5-21)17(23(26)27)16-15(12)19-30-20-16/h2-3,8-9,18H,4-7H2,1H3. The molecule has 0 atom stereocenters. The third kappa shape index (κ3) is 3.41. The van der Waals surface area contributed by atoms with Gasteiger partial charge in [0.2, 0.25) is 5.52 Å². The summed E-state index contributed by atoms with van der Waals surface area (Å²) in [4.78, 5) is 23.7. The van der Waals surface area contributed by atoms with Crippen LogP contribution in [-0.4, -0.2) is 53.6 Å². The second kappa shape index (κ2) is 7.79. The van der Waals surface area contributed by atoms with Crippen LogP contribution in [0.5, 0.6) is 5.75 Å². The largest absolute Gasteiger partial charge is 0.495 e. The highest BCUT2D eigenvalue weighted by atomic mass is 16.6. The summed E-state index contributed by atoms with van der Waals surface area (Å²) in [6, 6.07) is 5.61. The smallest absolute Gasteiger partial charge is 0.323 e. The van der Waals surface area contributed by atoms with Crippen LogP contribution in [0.1, 0.15) is 0 Å². The molecule has 156 valence electrons. The molecular formula is C17H16N6O7. The van der Waals surface area contributed by atoms with Crippen molar-refractivity contribution in [1.29, 1.82) is 0 Å². The van der Waals surface area contributed by atoms with Gasteiger partial charge in [-0.3, -0.25) is 20.2 Å². The van der Waals surface area contributed by atoms with Crippen molar-refractivity contribution in [2.75, 3.05) is 43.6 Å². The molecule has 13 nitrogen and oxygen atoms in total. The fourth-order valence-electron chi connectivity index (χ4n) is 3.29. The van der Waals surface area contributed by atoms with Gasteiger partial charge in [0.25, 0.3) is 5.69 Å². The quantitative estimate of drug-likeness (QED) is 0.465. The van der Waals surface area contributed by atoms with Gasteiger partial charge in [-0.2, -0.15) is 0 Å². The van der Waals surface area contributed by atoms with Crippen LogP contribution in [0.2, 0.25) is 0 Å². The van der Waals surface area contributed by atoms with Gasteiger partial charge in [-0.25, -0.2) is 4.63 Å². The Morgan fingerprint density at radius 2 is 1.80 bits per heavy atom. The summed E-state index contributed by atoms with van der Waals surface area (Å²) in [5.74, 6) is 0.344. The molecule has 1 aromatic heterocycles. The lowest BCUT2D eigenvalue weighted by molar-refractivity contribution is -0.384. The first-order chi connectivity index (χ1) is 14.5. The van der Waals surface area contributed by atoms with Crippen LogP contribution >= 0.6 is 0 Å². The summed E-state index contributed by atoms with van der Waals surface area (Å²) in [5.41, 5.74) is 0.643. The Hall–Kier alpha value is -4.00. The van der Waals surface area contributed by atoms with E-state index in [0.29, 0.717) is 43.4 Å². The van der Waals surface area contributed by atoms with Crippen LogP contribution in [0.25, 0.3) is 11.0 Å². The molecule has 1 aliphatic rings. The van der Waals surface area contributed by atoms with Gasteiger partial charge in [0.05, 0.1) is 41.5 Å². The lowest BCUT2D eigenvalue weighted by Gasteiger charge is -2.28. The van der Waals surface area contributed by atoms with Gasteiger partial charge >= 0.3 is 5.69 Å². The van der Waals surface area contributed by atoms with Crippen molar-refractivity contribution in [3.8, 4) is 5.75 Å². The van der Waals surface area contributed by atoms with Crippen molar-refractivity contribution >= 4 is 39.5 Å². The molecule has 0 spiro atoms. The van der Waals surface area contributed by atoms with Crippen molar-refractivity contribution in [3.63, 3.8) is 0 Å². The van der Waals surface area contributed by atoms with Crippen molar-refractivity contribution < 1.29 is 23.9 Å². The molecule has 1 N–H and O–H groups in total. The second-order valence-corrected chi connectivity index (χ2v) is 6.38. The zero-order chi connectivity index (χ0) is 21.3. The predicted octanol–water partition coefficient (Wildman–Crippen LogP) is 2.63. The van der Waals surface area contributed by atoms with E-state index in [2.05, 4.69) is 15.6 Å². The third-order valence-electron chi connectivity index (χ3n) is 4.69. The first-order valence-corrected chi connectivity index (χ1v) is 8.85. The minimum atomic E-state index is -0.535. The van der Waals surface area contributed by atoms with Crippen LogP contribution in [0, 0.1) is 20.2 Å². The average Bonchev–Trinajstić information content (AvgIpc) is 3.23.